The highest BCUT2D eigenvalue weighted by atomic mass is 32.1. The molecule has 0 fully saturated rings. The molecule has 0 unspecified atom stereocenters. The highest BCUT2D eigenvalue weighted by Gasteiger charge is 2.19. The lowest BCUT2D eigenvalue weighted by Crippen LogP contribution is -2.25. The van der Waals surface area contributed by atoms with Crippen LogP contribution in [-0.4, -0.2) is 22.2 Å². The van der Waals surface area contributed by atoms with Crippen LogP contribution in [0.25, 0.3) is 0 Å². The second-order valence-electron chi connectivity index (χ2n) is 10.5. The van der Waals surface area contributed by atoms with Crippen molar-refractivity contribution in [1.29, 1.82) is 0 Å². The van der Waals surface area contributed by atoms with E-state index in [9.17, 15) is 4.79 Å². The van der Waals surface area contributed by atoms with Crippen molar-refractivity contribution in [2.45, 2.75) is 58.5 Å². The van der Waals surface area contributed by atoms with Gasteiger partial charge in [0.1, 0.15) is 10.7 Å². The number of ketones is 1. The van der Waals surface area contributed by atoms with Crippen molar-refractivity contribution < 1.29 is 4.79 Å². The van der Waals surface area contributed by atoms with Gasteiger partial charge in [0.25, 0.3) is 0 Å². The van der Waals surface area contributed by atoms with E-state index in [1.807, 2.05) is 5.38 Å². The number of hydrogen-bond donors (Lipinski definition) is 0. The zero-order valence-corrected chi connectivity index (χ0v) is 22.6. The molecule has 4 aromatic rings. The van der Waals surface area contributed by atoms with Gasteiger partial charge in [-0.15, -0.1) is 11.3 Å². The fraction of sp³-hybridized carbons (Fsp3) is 0.312. The highest BCUT2D eigenvalue weighted by molar-refractivity contribution is 7.09. The molecule has 1 heterocycles. The molecule has 0 bridgehead atoms. The summed E-state index contributed by atoms with van der Waals surface area (Å²) in [7, 11) is 0. The van der Waals surface area contributed by atoms with Crippen LogP contribution in [0.5, 0.6) is 0 Å². The number of rotatable bonds is 10. The Morgan fingerprint density at radius 1 is 0.861 bits per heavy atom. The Balaban J connectivity index is 1.56. The van der Waals surface area contributed by atoms with Crippen LogP contribution in [0.15, 0.2) is 90.3 Å². The molecule has 0 radical (unpaired) electrons. The van der Waals surface area contributed by atoms with E-state index in [-0.39, 0.29) is 11.2 Å². The van der Waals surface area contributed by atoms with E-state index in [2.05, 4.69) is 116 Å². The minimum atomic E-state index is 0.0232. The lowest BCUT2D eigenvalue weighted by atomic mass is 9.86. The first-order valence-corrected chi connectivity index (χ1v) is 13.5. The Labute approximate surface area is 219 Å². The van der Waals surface area contributed by atoms with E-state index in [0.717, 1.165) is 31.1 Å². The van der Waals surface area contributed by atoms with E-state index in [1.165, 1.54) is 22.3 Å². The van der Waals surface area contributed by atoms with Crippen LogP contribution in [0.3, 0.4) is 0 Å². The van der Waals surface area contributed by atoms with Gasteiger partial charge in [-0.3, -0.25) is 9.69 Å². The number of thiazole rings is 1. The van der Waals surface area contributed by atoms with E-state index in [0.29, 0.717) is 11.6 Å². The molecule has 3 nitrogen and oxygen atoms in total. The Kier molecular flexibility index (Phi) is 8.50. The van der Waals surface area contributed by atoms with Gasteiger partial charge in [0, 0.05) is 24.8 Å². The second kappa shape index (κ2) is 11.8. The van der Waals surface area contributed by atoms with Gasteiger partial charge in [0.15, 0.2) is 5.78 Å². The predicted molar refractivity (Wildman–Crippen MR) is 151 cm³/mol. The molecule has 186 valence electrons. The Morgan fingerprint density at radius 3 is 1.94 bits per heavy atom. The van der Waals surface area contributed by atoms with E-state index in [4.69, 9.17) is 0 Å². The van der Waals surface area contributed by atoms with Gasteiger partial charge in [0.05, 0.1) is 6.54 Å². The van der Waals surface area contributed by atoms with Crippen molar-refractivity contribution in [2.24, 2.45) is 0 Å². The molecule has 0 aliphatic carbocycles. The summed E-state index contributed by atoms with van der Waals surface area (Å²) in [5.41, 5.74) is 6.02. The van der Waals surface area contributed by atoms with E-state index in [1.54, 1.807) is 18.3 Å². The van der Waals surface area contributed by atoms with E-state index >= 15 is 0 Å². The Hall–Kier alpha value is -3.08. The third kappa shape index (κ3) is 6.99. The molecular weight excluding hydrogens is 460 g/mol. The van der Waals surface area contributed by atoms with Crippen molar-refractivity contribution >= 4 is 17.1 Å². The quantitative estimate of drug-likeness (QED) is 0.209. The number of carbonyl (C=O) groups excluding carboxylic acids is 1. The van der Waals surface area contributed by atoms with Crippen LogP contribution < -0.4 is 0 Å². The first-order chi connectivity index (χ1) is 17.3. The summed E-state index contributed by atoms with van der Waals surface area (Å²) in [5.74, 6) is 0.345. The largest absolute Gasteiger partial charge is 0.293 e. The maximum atomic E-state index is 11.8. The van der Waals surface area contributed by atoms with Crippen molar-refractivity contribution in [2.75, 3.05) is 6.54 Å². The molecule has 0 saturated heterocycles. The molecule has 1 aromatic heterocycles. The first-order valence-electron chi connectivity index (χ1n) is 12.7. The van der Waals surface area contributed by atoms with Gasteiger partial charge >= 0.3 is 0 Å². The third-order valence-corrected chi connectivity index (χ3v) is 7.47. The van der Waals surface area contributed by atoms with Crippen LogP contribution in [0.4, 0.5) is 0 Å². The number of carbonyl (C=O) groups is 1. The van der Waals surface area contributed by atoms with Crippen molar-refractivity contribution in [3.05, 3.63) is 123 Å². The summed E-state index contributed by atoms with van der Waals surface area (Å²) in [6, 6.07) is 30.6. The second-order valence-corrected chi connectivity index (χ2v) is 11.4. The van der Waals surface area contributed by atoms with Gasteiger partial charge < -0.3 is 0 Å². The zero-order chi connectivity index (χ0) is 25.5. The van der Waals surface area contributed by atoms with Crippen LogP contribution in [-0.2, 0) is 18.5 Å². The van der Waals surface area contributed by atoms with Crippen LogP contribution in [0, 0.1) is 0 Å². The third-order valence-electron chi connectivity index (χ3n) is 6.64. The summed E-state index contributed by atoms with van der Waals surface area (Å²) in [4.78, 5) is 18.9. The average Bonchev–Trinajstić information content (AvgIpc) is 3.34. The predicted octanol–water partition coefficient (Wildman–Crippen LogP) is 7.87. The summed E-state index contributed by atoms with van der Waals surface area (Å²) in [5, 5.41) is 2.87. The highest BCUT2D eigenvalue weighted by Crippen LogP contribution is 2.29. The van der Waals surface area contributed by atoms with Gasteiger partial charge in [-0.1, -0.05) is 106 Å². The van der Waals surface area contributed by atoms with Gasteiger partial charge in [-0.05, 0) is 40.6 Å². The molecule has 36 heavy (non-hydrogen) atoms. The number of hydrogen-bond acceptors (Lipinski definition) is 4. The molecule has 3 aromatic carbocycles. The molecule has 0 aliphatic heterocycles. The summed E-state index contributed by atoms with van der Waals surface area (Å²) in [6.07, 6.45) is 0.999. The number of benzene rings is 3. The Morgan fingerprint density at radius 2 is 1.44 bits per heavy atom. The molecule has 0 N–H and O–H groups in total. The molecule has 4 rings (SSSR count). The fourth-order valence-corrected chi connectivity index (χ4v) is 5.40. The Bertz CT molecular complexity index is 1200. The molecule has 0 spiro atoms. The molecule has 0 aliphatic rings. The lowest BCUT2D eigenvalue weighted by Gasteiger charge is -2.26. The minimum absolute atomic E-state index is 0.0232. The van der Waals surface area contributed by atoms with Crippen LogP contribution in [0.1, 0.15) is 77.8 Å². The number of Topliss-reactive ketones (excluding diaryl/α,β-unsaturated/α-hetero) is 1. The molecule has 0 saturated carbocycles. The summed E-state index contributed by atoms with van der Waals surface area (Å²) in [6.45, 7) is 10.8. The van der Waals surface area contributed by atoms with Crippen LogP contribution >= 0.6 is 11.3 Å². The van der Waals surface area contributed by atoms with Crippen molar-refractivity contribution in [3.8, 4) is 0 Å². The van der Waals surface area contributed by atoms with Crippen molar-refractivity contribution in [3.63, 3.8) is 0 Å². The standard InChI is InChI=1S/C32H36N2OS/c1-24(35)30-23-36-31(33-30)22-34(21-25-15-17-28(18-16-25)32(2,3)4)20-19-29(26-11-7-5-8-12-26)27-13-9-6-10-14-27/h5-18,23,29H,19-22H2,1-4H3. The minimum Gasteiger partial charge on any atom is -0.293 e. The smallest absolute Gasteiger partial charge is 0.178 e. The summed E-state index contributed by atoms with van der Waals surface area (Å²) >= 11 is 1.58. The monoisotopic (exact) mass is 496 g/mol. The lowest BCUT2D eigenvalue weighted by molar-refractivity contribution is 0.101. The fourth-order valence-electron chi connectivity index (χ4n) is 4.53. The topological polar surface area (TPSA) is 33.2 Å². The van der Waals surface area contributed by atoms with Crippen molar-refractivity contribution in [1.82, 2.24) is 9.88 Å². The molecule has 0 amide bonds. The van der Waals surface area contributed by atoms with E-state index < -0.39 is 0 Å². The zero-order valence-electron chi connectivity index (χ0n) is 21.8. The first kappa shape index (κ1) is 26.0. The molecule has 4 heteroatoms. The number of nitrogens with zero attached hydrogens (tertiary/aromatic N) is 2. The maximum Gasteiger partial charge on any atom is 0.178 e. The molecule has 0 atom stereocenters. The van der Waals surface area contributed by atoms with Gasteiger partial charge in [0.2, 0.25) is 0 Å². The number of aromatic nitrogens is 1. The van der Waals surface area contributed by atoms with Crippen LogP contribution in [0.2, 0.25) is 0 Å². The normalized spacial score (nSPS) is 11.8. The average molecular weight is 497 g/mol. The SMILES string of the molecule is CC(=O)c1csc(CN(CCC(c2ccccc2)c2ccccc2)Cc2ccc(C(C)(C)C)cc2)n1. The molecular formula is C32H36N2OS. The summed E-state index contributed by atoms with van der Waals surface area (Å²) < 4.78 is 0. The van der Waals surface area contributed by atoms with Gasteiger partial charge in [-0.25, -0.2) is 4.98 Å². The van der Waals surface area contributed by atoms with Gasteiger partial charge in [-0.2, -0.15) is 0 Å². The maximum absolute atomic E-state index is 11.8.